The van der Waals surface area contributed by atoms with E-state index < -0.39 is 0 Å². The first-order valence-electron chi connectivity index (χ1n) is 6.16. The molecule has 2 heterocycles. The molecule has 8 nitrogen and oxygen atoms in total. The number of carbonyl (C=O) groups is 2. The quantitative estimate of drug-likeness (QED) is 0.663. The van der Waals surface area contributed by atoms with Crippen molar-refractivity contribution in [3.63, 3.8) is 0 Å². The zero-order chi connectivity index (χ0) is 15.8. The lowest BCUT2D eigenvalue weighted by Gasteiger charge is -2.06. The number of rotatable bonds is 6. The highest BCUT2D eigenvalue weighted by molar-refractivity contribution is 7.13. The van der Waals surface area contributed by atoms with Crippen molar-refractivity contribution in [2.24, 2.45) is 0 Å². The lowest BCUT2D eigenvalue weighted by atomic mass is 10.2. The van der Waals surface area contributed by atoms with Crippen LogP contribution in [0, 0.1) is 12.3 Å². The minimum Gasteiger partial charge on any atom is -0.361 e. The predicted octanol–water partition coefficient (Wildman–Crippen LogP) is 0.347. The molecule has 0 spiro atoms. The third-order valence-corrected chi connectivity index (χ3v) is 3.03. The molecule has 112 valence electrons. The molecule has 2 amide bonds. The molecule has 0 aliphatic rings. The molecule has 2 rings (SSSR count). The SMILES string of the molecule is C#CCNC(=O)CNc1ccc(C(=O)Nc2nncs2)cn1. The topological polar surface area (TPSA) is 109 Å². The average Bonchev–Trinajstić information content (AvgIpc) is 3.04. The lowest BCUT2D eigenvalue weighted by molar-refractivity contribution is -0.119. The van der Waals surface area contributed by atoms with Gasteiger partial charge in [0, 0.05) is 6.20 Å². The van der Waals surface area contributed by atoms with Gasteiger partial charge in [-0.15, -0.1) is 16.6 Å². The monoisotopic (exact) mass is 316 g/mol. The van der Waals surface area contributed by atoms with E-state index in [2.05, 4.69) is 37.1 Å². The highest BCUT2D eigenvalue weighted by atomic mass is 32.1. The maximum absolute atomic E-state index is 11.9. The minimum atomic E-state index is -0.331. The van der Waals surface area contributed by atoms with Crippen molar-refractivity contribution in [1.29, 1.82) is 0 Å². The van der Waals surface area contributed by atoms with Crippen molar-refractivity contribution in [2.45, 2.75) is 0 Å². The predicted molar refractivity (Wildman–Crippen MR) is 82.4 cm³/mol. The van der Waals surface area contributed by atoms with Crippen LogP contribution < -0.4 is 16.0 Å². The first-order chi connectivity index (χ1) is 10.7. The van der Waals surface area contributed by atoms with E-state index in [0.717, 1.165) is 0 Å². The van der Waals surface area contributed by atoms with Crippen LogP contribution in [0.15, 0.2) is 23.8 Å². The van der Waals surface area contributed by atoms with Gasteiger partial charge in [0.2, 0.25) is 11.0 Å². The lowest BCUT2D eigenvalue weighted by Crippen LogP contribution is -2.30. The summed E-state index contributed by atoms with van der Waals surface area (Å²) >= 11 is 1.22. The second kappa shape index (κ2) is 7.70. The van der Waals surface area contributed by atoms with E-state index in [9.17, 15) is 9.59 Å². The van der Waals surface area contributed by atoms with E-state index >= 15 is 0 Å². The molecule has 3 N–H and O–H groups in total. The number of hydrogen-bond acceptors (Lipinski definition) is 7. The van der Waals surface area contributed by atoms with Crippen LogP contribution in [-0.2, 0) is 4.79 Å². The molecule has 0 aromatic carbocycles. The summed E-state index contributed by atoms with van der Waals surface area (Å²) in [4.78, 5) is 27.3. The number of nitrogens with one attached hydrogen (secondary N) is 3. The fourth-order valence-corrected chi connectivity index (χ4v) is 1.85. The van der Waals surface area contributed by atoms with Crippen LogP contribution in [0.3, 0.4) is 0 Å². The van der Waals surface area contributed by atoms with E-state index in [-0.39, 0.29) is 24.9 Å². The van der Waals surface area contributed by atoms with Crippen LogP contribution in [0.5, 0.6) is 0 Å². The van der Waals surface area contributed by atoms with Gasteiger partial charge in [-0.3, -0.25) is 14.9 Å². The van der Waals surface area contributed by atoms with Crippen LogP contribution in [0.1, 0.15) is 10.4 Å². The van der Waals surface area contributed by atoms with Crippen molar-refractivity contribution in [1.82, 2.24) is 20.5 Å². The Bertz CT molecular complexity index is 678. The Morgan fingerprint density at radius 1 is 1.36 bits per heavy atom. The van der Waals surface area contributed by atoms with Gasteiger partial charge >= 0.3 is 0 Å². The number of anilines is 2. The van der Waals surface area contributed by atoms with E-state index in [1.165, 1.54) is 23.0 Å². The zero-order valence-electron chi connectivity index (χ0n) is 11.4. The Balaban J connectivity index is 1.86. The number of terminal acetylenes is 1. The Morgan fingerprint density at radius 2 is 2.23 bits per heavy atom. The summed E-state index contributed by atoms with van der Waals surface area (Å²) in [6.45, 7) is 0.226. The highest BCUT2D eigenvalue weighted by Gasteiger charge is 2.08. The highest BCUT2D eigenvalue weighted by Crippen LogP contribution is 2.11. The van der Waals surface area contributed by atoms with Crippen LogP contribution in [-0.4, -0.2) is 40.1 Å². The molecule has 22 heavy (non-hydrogen) atoms. The summed E-state index contributed by atoms with van der Waals surface area (Å²) in [7, 11) is 0. The molecule has 0 saturated carbocycles. The van der Waals surface area contributed by atoms with Gasteiger partial charge in [-0.2, -0.15) is 0 Å². The number of amides is 2. The number of hydrogen-bond donors (Lipinski definition) is 3. The summed E-state index contributed by atoms with van der Waals surface area (Å²) in [5, 5.41) is 15.7. The number of aromatic nitrogens is 3. The maximum Gasteiger partial charge on any atom is 0.259 e. The molecular weight excluding hydrogens is 304 g/mol. The van der Waals surface area contributed by atoms with E-state index in [0.29, 0.717) is 16.5 Å². The fraction of sp³-hybridized carbons (Fsp3) is 0.154. The molecule has 0 aliphatic carbocycles. The Hall–Kier alpha value is -2.99. The first kappa shape index (κ1) is 15.4. The third kappa shape index (κ3) is 4.53. The van der Waals surface area contributed by atoms with Crippen molar-refractivity contribution in [3.05, 3.63) is 29.4 Å². The van der Waals surface area contributed by atoms with Crippen LogP contribution in [0.2, 0.25) is 0 Å². The Morgan fingerprint density at radius 3 is 2.86 bits per heavy atom. The van der Waals surface area contributed by atoms with E-state index in [1.807, 2.05) is 0 Å². The van der Waals surface area contributed by atoms with Crippen molar-refractivity contribution >= 4 is 34.1 Å². The summed E-state index contributed by atoms with van der Waals surface area (Å²) in [5.41, 5.74) is 1.89. The molecule has 0 atom stereocenters. The minimum absolute atomic E-state index is 0.0466. The van der Waals surface area contributed by atoms with Gasteiger partial charge in [0.1, 0.15) is 11.3 Å². The van der Waals surface area contributed by atoms with Crippen LogP contribution in [0.4, 0.5) is 10.9 Å². The second-order valence-corrected chi connectivity index (χ2v) is 4.80. The van der Waals surface area contributed by atoms with Gasteiger partial charge in [-0.25, -0.2) is 4.98 Å². The van der Waals surface area contributed by atoms with E-state index in [1.54, 1.807) is 12.1 Å². The second-order valence-electron chi connectivity index (χ2n) is 3.96. The molecule has 0 fully saturated rings. The van der Waals surface area contributed by atoms with Crippen molar-refractivity contribution in [3.8, 4) is 12.3 Å². The molecule has 2 aromatic rings. The summed E-state index contributed by atoms with van der Waals surface area (Å²) in [5.74, 6) is 2.21. The Kier molecular flexibility index (Phi) is 5.39. The van der Waals surface area contributed by atoms with Gasteiger partial charge in [-0.05, 0) is 12.1 Å². The summed E-state index contributed by atoms with van der Waals surface area (Å²) < 4.78 is 0. The van der Waals surface area contributed by atoms with Crippen LogP contribution >= 0.6 is 11.3 Å². The number of pyridine rings is 1. The standard InChI is InChI=1S/C13H12N6O2S/c1-2-5-14-11(20)7-16-10-4-3-9(6-15-10)12(21)18-13-19-17-8-22-13/h1,3-4,6,8H,5,7H2,(H,14,20)(H,15,16)(H,18,19,21). The largest absolute Gasteiger partial charge is 0.361 e. The smallest absolute Gasteiger partial charge is 0.259 e. The zero-order valence-corrected chi connectivity index (χ0v) is 12.2. The maximum atomic E-state index is 11.9. The molecule has 0 aliphatic heterocycles. The molecule has 9 heteroatoms. The molecular formula is C13H12N6O2S. The molecule has 0 saturated heterocycles. The van der Waals surface area contributed by atoms with Gasteiger partial charge in [0.05, 0.1) is 18.7 Å². The molecule has 2 aromatic heterocycles. The van der Waals surface area contributed by atoms with E-state index in [4.69, 9.17) is 6.42 Å². The molecule has 0 radical (unpaired) electrons. The van der Waals surface area contributed by atoms with Gasteiger partial charge < -0.3 is 10.6 Å². The summed E-state index contributed by atoms with van der Waals surface area (Å²) in [6.07, 6.45) is 6.44. The van der Waals surface area contributed by atoms with Crippen molar-refractivity contribution < 1.29 is 9.59 Å². The van der Waals surface area contributed by atoms with Gasteiger partial charge in [-0.1, -0.05) is 17.3 Å². The molecule has 0 unspecified atom stereocenters. The first-order valence-corrected chi connectivity index (χ1v) is 7.04. The summed E-state index contributed by atoms with van der Waals surface area (Å²) in [6, 6.07) is 3.19. The van der Waals surface area contributed by atoms with Crippen LogP contribution in [0.25, 0.3) is 0 Å². The molecule has 0 bridgehead atoms. The normalized spacial score (nSPS) is 9.59. The number of nitrogens with zero attached hydrogens (tertiary/aromatic N) is 3. The van der Waals surface area contributed by atoms with Gasteiger partial charge in [0.25, 0.3) is 5.91 Å². The Labute approximate surface area is 130 Å². The third-order valence-electron chi connectivity index (χ3n) is 2.42. The van der Waals surface area contributed by atoms with Crippen molar-refractivity contribution in [2.75, 3.05) is 23.7 Å². The number of carbonyl (C=O) groups excluding carboxylic acids is 2. The average molecular weight is 316 g/mol. The fourth-order valence-electron chi connectivity index (χ4n) is 1.41. The van der Waals surface area contributed by atoms with Gasteiger partial charge in [0.15, 0.2) is 0 Å².